The summed E-state index contributed by atoms with van der Waals surface area (Å²) in [4.78, 5) is 14.6. The molecule has 0 saturated carbocycles. The number of carbonyl (C=O) groups is 1. The highest BCUT2D eigenvalue weighted by Crippen LogP contribution is 2.32. The predicted octanol–water partition coefficient (Wildman–Crippen LogP) is 2.90. The van der Waals surface area contributed by atoms with Crippen LogP contribution in [-0.2, 0) is 11.3 Å². The minimum absolute atomic E-state index is 0.354. The molecular formula is C21H29N3O2. The Kier molecular flexibility index (Phi) is 5.79. The lowest BCUT2D eigenvalue weighted by atomic mass is 9.99. The number of carbonyl (C=O) groups excluding carboxylic acids is 1. The summed E-state index contributed by atoms with van der Waals surface area (Å²) < 4.78 is 7.65. The Morgan fingerprint density at radius 1 is 1.04 bits per heavy atom. The van der Waals surface area contributed by atoms with Gasteiger partial charge in [-0.1, -0.05) is 29.8 Å². The first-order valence-corrected chi connectivity index (χ1v) is 9.35. The molecule has 5 nitrogen and oxygen atoms in total. The fraction of sp³-hybridized carbons (Fsp3) is 0.476. The molecule has 2 aromatic rings. The highest BCUT2D eigenvalue weighted by molar-refractivity contribution is 6.02. The van der Waals surface area contributed by atoms with E-state index < -0.39 is 0 Å². The maximum atomic E-state index is 12.2. The Labute approximate surface area is 155 Å². The topological polar surface area (TPSA) is 60.5 Å². The first-order valence-electron chi connectivity index (χ1n) is 9.35. The van der Waals surface area contributed by atoms with Crippen molar-refractivity contribution in [3.8, 4) is 11.1 Å². The zero-order valence-corrected chi connectivity index (χ0v) is 16.0. The lowest BCUT2D eigenvalue weighted by Crippen LogP contribution is -2.37. The van der Waals surface area contributed by atoms with Gasteiger partial charge in [0.15, 0.2) is 0 Å². The van der Waals surface area contributed by atoms with Gasteiger partial charge in [0.25, 0.3) is 5.91 Å². The zero-order valence-electron chi connectivity index (χ0n) is 16.0. The Morgan fingerprint density at radius 2 is 1.69 bits per heavy atom. The number of hydrogen-bond donors (Lipinski definition) is 1. The van der Waals surface area contributed by atoms with E-state index in [4.69, 9.17) is 10.5 Å². The molecule has 5 heteroatoms. The maximum Gasteiger partial charge on any atom is 0.251 e. The van der Waals surface area contributed by atoms with Crippen LogP contribution >= 0.6 is 0 Å². The fourth-order valence-electron chi connectivity index (χ4n) is 3.87. The summed E-state index contributed by atoms with van der Waals surface area (Å²) in [7, 11) is 0. The standard InChI is InChI=1S/C21H29N3O2/c1-15-5-7-18(8-6-15)19-16(2)24(17(3)20(19)21(22)25)10-4-9-23-11-13-26-14-12-23/h5-8H,4,9-14H2,1-3H3,(H2,22,25). The first-order chi connectivity index (χ1) is 12.5. The van der Waals surface area contributed by atoms with E-state index in [9.17, 15) is 4.79 Å². The molecule has 1 aromatic heterocycles. The summed E-state index contributed by atoms with van der Waals surface area (Å²) in [5, 5.41) is 0. The third-order valence-corrected chi connectivity index (χ3v) is 5.33. The normalized spacial score (nSPS) is 15.3. The number of hydrogen-bond acceptors (Lipinski definition) is 3. The molecule has 0 unspecified atom stereocenters. The number of benzene rings is 1. The highest BCUT2D eigenvalue weighted by Gasteiger charge is 2.22. The Hall–Kier alpha value is -2.11. The van der Waals surface area contributed by atoms with Crippen molar-refractivity contribution in [1.29, 1.82) is 0 Å². The van der Waals surface area contributed by atoms with Crippen LogP contribution in [0.3, 0.4) is 0 Å². The van der Waals surface area contributed by atoms with Crippen LogP contribution in [0.1, 0.15) is 33.7 Å². The van der Waals surface area contributed by atoms with Crippen LogP contribution in [-0.4, -0.2) is 48.2 Å². The molecule has 1 amide bonds. The number of nitrogens with zero attached hydrogens (tertiary/aromatic N) is 2. The summed E-state index contributed by atoms with van der Waals surface area (Å²) in [5.74, 6) is -0.354. The molecule has 0 bridgehead atoms. The van der Waals surface area contributed by atoms with E-state index in [0.717, 1.165) is 68.3 Å². The van der Waals surface area contributed by atoms with Crippen LogP contribution in [0, 0.1) is 20.8 Å². The van der Waals surface area contributed by atoms with Crippen molar-refractivity contribution in [2.75, 3.05) is 32.8 Å². The van der Waals surface area contributed by atoms with E-state index in [1.165, 1.54) is 5.56 Å². The van der Waals surface area contributed by atoms with Crippen molar-refractivity contribution in [3.63, 3.8) is 0 Å². The van der Waals surface area contributed by atoms with Crippen molar-refractivity contribution < 1.29 is 9.53 Å². The Bertz CT molecular complexity index is 772. The van der Waals surface area contributed by atoms with Gasteiger partial charge in [-0.2, -0.15) is 0 Å². The number of rotatable bonds is 6. The van der Waals surface area contributed by atoms with Gasteiger partial charge in [0, 0.05) is 43.1 Å². The molecule has 1 fully saturated rings. The average molecular weight is 355 g/mol. The van der Waals surface area contributed by atoms with Crippen molar-refractivity contribution in [2.24, 2.45) is 5.73 Å². The molecule has 2 N–H and O–H groups in total. The minimum atomic E-state index is -0.354. The lowest BCUT2D eigenvalue weighted by molar-refractivity contribution is 0.0369. The average Bonchev–Trinajstić information content (AvgIpc) is 2.88. The van der Waals surface area contributed by atoms with E-state index >= 15 is 0 Å². The maximum absolute atomic E-state index is 12.2. The lowest BCUT2D eigenvalue weighted by Gasteiger charge is -2.26. The molecule has 140 valence electrons. The highest BCUT2D eigenvalue weighted by atomic mass is 16.5. The molecule has 1 aliphatic rings. The van der Waals surface area contributed by atoms with Gasteiger partial charge in [0.2, 0.25) is 0 Å². The quantitative estimate of drug-likeness (QED) is 0.867. The van der Waals surface area contributed by atoms with E-state index in [0.29, 0.717) is 5.56 Å². The number of primary amides is 1. The Morgan fingerprint density at radius 3 is 2.31 bits per heavy atom. The van der Waals surface area contributed by atoms with Crippen LogP contribution in [0.4, 0.5) is 0 Å². The minimum Gasteiger partial charge on any atom is -0.379 e. The molecule has 1 saturated heterocycles. The second kappa shape index (κ2) is 8.06. The van der Waals surface area contributed by atoms with Gasteiger partial charge in [0.1, 0.15) is 0 Å². The van der Waals surface area contributed by atoms with Gasteiger partial charge in [0.05, 0.1) is 18.8 Å². The molecule has 2 heterocycles. The molecule has 3 rings (SSSR count). The van der Waals surface area contributed by atoms with Gasteiger partial charge in [-0.05, 0) is 32.8 Å². The van der Waals surface area contributed by atoms with E-state index in [1.54, 1.807) is 0 Å². The predicted molar refractivity (Wildman–Crippen MR) is 104 cm³/mol. The summed E-state index contributed by atoms with van der Waals surface area (Å²) in [6, 6.07) is 8.29. The second-order valence-corrected chi connectivity index (χ2v) is 7.11. The van der Waals surface area contributed by atoms with Crippen LogP contribution in [0.5, 0.6) is 0 Å². The molecular weight excluding hydrogens is 326 g/mol. The van der Waals surface area contributed by atoms with Crippen LogP contribution in [0.25, 0.3) is 11.1 Å². The van der Waals surface area contributed by atoms with Gasteiger partial charge in [-0.3, -0.25) is 9.69 Å². The fourth-order valence-corrected chi connectivity index (χ4v) is 3.87. The third-order valence-electron chi connectivity index (χ3n) is 5.33. The molecule has 26 heavy (non-hydrogen) atoms. The molecule has 0 spiro atoms. The summed E-state index contributed by atoms with van der Waals surface area (Å²) >= 11 is 0. The zero-order chi connectivity index (χ0) is 18.7. The number of aryl methyl sites for hydroxylation is 1. The van der Waals surface area contributed by atoms with E-state index in [-0.39, 0.29) is 5.91 Å². The van der Waals surface area contributed by atoms with Crippen molar-refractivity contribution in [2.45, 2.75) is 33.7 Å². The molecule has 0 aliphatic carbocycles. The molecule has 0 atom stereocenters. The van der Waals surface area contributed by atoms with Crippen LogP contribution < -0.4 is 5.73 Å². The Balaban J connectivity index is 1.85. The third kappa shape index (κ3) is 3.84. The molecule has 0 radical (unpaired) electrons. The number of ether oxygens (including phenoxy) is 1. The van der Waals surface area contributed by atoms with Gasteiger partial charge in [-0.25, -0.2) is 0 Å². The summed E-state index contributed by atoms with van der Waals surface area (Å²) in [6.07, 6.45) is 1.04. The number of aromatic nitrogens is 1. The summed E-state index contributed by atoms with van der Waals surface area (Å²) in [5.41, 5.74) is 11.7. The van der Waals surface area contributed by atoms with Gasteiger partial charge in [-0.15, -0.1) is 0 Å². The van der Waals surface area contributed by atoms with E-state index in [2.05, 4.69) is 47.6 Å². The second-order valence-electron chi connectivity index (χ2n) is 7.11. The summed E-state index contributed by atoms with van der Waals surface area (Å²) in [6.45, 7) is 11.7. The van der Waals surface area contributed by atoms with Gasteiger partial charge >= 0.3 is 0 Å². The largest absolute Gasteiger partial charge is 0.379 e. The van der Waals surface area contributed by atoms with E-state index in [1.807, 2.05) is 6.92 Å². The van der Waals surface area contributed by atoms with Crippen molar-refractivity contribution in [1.82, 2.24) is 9.47 Å². The van der Waals surface area contributed by atoms with Crippen molar-refractivity contribution >= 4 is 5.91 Å². The number of nitrogens with two attached hydrogens (primary N) is 1. The van der Waals surface area contributed by atoms with Crippen LogP contribution in [0.15, 0.2) is 24.3 Å². The molecule has 1 aromatic carbocycles. The smallest absolute Gasteiger partial charge is 0.251 e. The SMILES string of the molecule is Cc1ccc(-c2c(C(N)=O)c(C)n(CCCN3CCOCC3)c2C)cc1. The number of morpholine rings is 1. The van der Waals surface area contributed by atoms with Crippen LogP contribution in [0.2, 0.25) is 0 Å². The molecule has 1 aliphatic heterocycles. The van der Waals surface area contributed by atoms with Crippen molar-refractivity contribution in [3.05, 3.63) is 46.8 Å². The number of amides is 1. The van der Waals surface area contributed by atoms with Gasteiger partial charge < -0.3 is 15.0 Å². The first kappa shape index (κ1) is 18.7. The monoisotopic (exact) mass is 355 g/mol.